The Bertz CT molecular complexity index is 1220. The Morgan fingerprint density at radius 1 is 1.00 bits per heavy atom. The molecule has 1 aliphatic rings. The summed E-state index contributed by atoms with van der Waals surface area (Å²) in [6.07, 6.45) is 6.10. The van der Waals surface area contributed by atoms with E-state index in [2.05, 4.69) is 10.3 Å². The van der Waals surface area contributed by atoms with E-state index in [9.17, 15) is 13.2 Å². The Kier molecular flexibility index (Phi) is 8.28. The summed E-state index contributed by atoms with van der Waals surface area (Å²) >= 11 is 0. The monoisotopic (exact) mass is 491 g/mol. The predicted octanol–water partition coefficient (Wildman–Crippen LogP) is 3.99. The van der Waals surface area contributed by atoms with Crippen molar-refractivity contribution in [1.29, 1.82) is 0 Å². The highest BCUT2D eigenvalue weighted by atomic mass is 32.2. The summed E-state index contributed by atoms with van der Waals surface area (Å²) in [7, 11) is -3.51. The van der Waals surface area contributed by atoms with Gasteiger partial charge in [0.15, 0.2) is 0 Å². The van der Waals surface area contributed by atoms with Crippen LogP contribution in [0.1, 0.15) is 29.5 Å². The van der Waals surface area contributed by atoms with Crippen LogP contribution in [0.25, 0.3) is 6.08 Å². The van der Waals surface area contributed by atoms with Crippen LogP contribution in [0.2, 0.25) is 0 Å². The van der Waals surface area contributed by atoms with Gasteiger partial charge in [-0.2, -0.15) is 4.31 Å². The SMILES string of the molecule is O=C(NCc1ccc(OCc2cccnc2)cc1)C1CCN(S(=O)(=O)/C=C/c2ccccc2)CC1. The van der Waals surface area contributed by atoms with Crippen molar-refractivity contribution < 1.29 is 17.9 Å². The summed E-state index contributed by atoms with van der Waals surface area (Å²) in [6, 6.07) is 20.8. The van der Waals surface area contributed by atoms with Crippen molar-refractivity contribution in [2.45, 2.75) is 26.0 Å². The lowest BCUT2D eigenvalue weighted by Crippen LogP contribution is -2.42. The average Bonchev–Trinajstić information content (AvgIpc) is 2.91. The minimum absolute atomic E-state index is 0.0428. The summed E-state index contributed by atoms with van der Waals surface area (Å²) in [5.74, 6) is 0.513. The molecular weight excluding hydrogens is 462 g/mol. The van der Waals surface area contributed by atoms with E-state index in [4.69, 9.17) is 4.74 Å². The van der Waals surface area contributed by atoms with Gasteiger partial charge < -0.3 is 10.1 Å². The molecule has 1 saturated heterocycles. The molecule has 0 saturated carbocycles. The number of rotatable bonds is 9. The molecule has 0 bridgehead atoms. The Morgan fingerprint density at radius 2 is 1.74 bits per heavy atom. The van der Waals surface area contributed by atoms with Gasteiger partial charge in [0.05, 0.1) is 0 Å². The number of amides is 1. The number of piperidine rings is 1. The molecule has 3 aromatic rings. The van der Waals surface area contributed by atoms with Crippen molar-refractivity contribution in [1.82, 2.24) is 14.6 Å². The third-order valence-electron chi connectivity index (χ3n) is 5.94. The van der Waals surface area contributed by atoms with Crippen LogP contribution in [-0.4, -0.2) is 36.7 Å². The summed E-state index contributed by atoms with van der Waals surface area (Å²) in [6.45, 7) is 1.53. The first-order chi connectivity index (χ1) is 17.0. The molecule has 7 nitrogen and oxygen atoms in total. The van der Waals surface area contributed by atoms with Gasteiger partial charge in [-0.15, -0.1) is 0 Å². The molecule has 182 valence electrons. The fourth-order valence-electron chi connectivity index (χ4n) is 3.87. The van der Waals surface area contributed by atoms with Crippen LogP contribution < -0.4 is 10.1 Å². The van der Waals surface area contributed by atoms with Crippen molar-refractivity contribution in [3.8, 4) is 5.75 Å². The quantitative estimate of drug-likeness (QED) is 0.489. The van der Waals surface area contributed by atoms with Crippen LogP contribution in [0.3, 0.4) is 0 Å². The van der Waals surface area contributed by atoms with Gasteiger partial charge in [0, 0.05) is 48.9 Å². The number of aromatic nitrogens is 1. The molecule has 35 heavy (non-hydrogen) atoms. The Balaban J connectivity index is 1.21. The fraction of sp³-hybridized carbons (Fsp3) is 0.259. The molecule has 2 aromatic carbocycles. The molecule has 0 radical (unpaired) electrons. The minimum atomic E-state index is -3.51. The number of benzene rings is 2. The topological polar surface area (TPSA) is 88.6 Å². The molecule has 0 aliphatic carbocycles. The number of nitrogens with zero attached hydrogens (tertiary/aromatic N) is 2. The smallest absolute Gasteiger partial charge is 0.236 e. The van der Waals surface area contributed by atoms with Crippen LogP contribution in [0, 0.1) is 5.92 Å². The summed E-state index contributed by atoms with van der Waals surface area (Å²) < 4.78 is 32.5. The van der Waals surface area contributed by atoms with Gasteiger partial charge in [-0.1, -0.05) is 48.5 Å². The van der Waals surface area contributed by atoms with E-state index >= 15 is 0 Å². The van der Waals surface area contributed by atoms with Crippen LogP contribution in [0.15, 0.2) is 84.5 Å². The second-order valence-corrected chi connectivity index (χ2v) is 10.3. The van der Waals surface area contributed by atoms with E-state index in [1.165, 1.54) is 9.71 Å². The highest BCUT2D eigenvalue weighted by molar-refractivity contribution is 7.92. The third-order valence-corrected chi connectivity index (χ3v) is 7.50. The molecule has 1 fully saturated rings. The van der Waals surface area contributed by atoms with Crippen LogP contribution in [0.5, 0.6) is 5.75 Å². The first-order valence-corrected chi connectivity index (χ1v) is 13.1. The van der Waals surface area contributed by atoms with Gasteiger partial charge in [0.25, 0.3) is 0 Å². The number of nitrogens with one attached hydrogen (secondary N) is 1. The summed E-state index contributed by atoms with van der Waals surface area (Å²) in [5.41, 5.74) is 2.80. The van der Waals surface area contributed by atoms with Crippen molar-refractivity contribution in [3.63, 3.8) is 0 Å². The maximum atomic E-state index is 12.6. The van der Waals surface area contributed by atoms with Crippen LogP contribution >= 0.6 is 0 Å². The zero-order valence-electron chi connectivity index (χ0n) is 19.4. The molecule has 0 atom stereocenters. The standard InChI is InChI=1S/C27H29N3O4S/c31-27(29-20-23-8-10-26(11-9-23)34-21-24-7-4-15-28-19-24)25-12-16-30(17-13-25)35(32,33)18-14-22-5-2-1-3-6-22/h1-11,14-15,18-19,25H,12-13,16-17,20-21H2,(H,29,31)/b18-14+. The summed E-state index contributed by atoms with van der Waals surface area (Å²) in [5, 5.41) is 4.22. The lowest BCUT2D eigenvalue weighted by molar-refractivity contribution is -0.126. The van der Waals surface area contributed by atoms with E-state index in [1.54, 1.807) is 18.5 Å². The fourth-order valence-corrected chi connectivity index (χ4v) is 5.10. The number of carbonyl (C=O) groups is 1. The van der Waals surface area contributed by atoms with E-state index in [1.807, 2.05) is 66.7 Å². The zero-order chi connectivity index (χ0) is 24.5. The van der Waals surface area contributed by atoms with Crippen LogP contribution in [-0.2, 0) is 28.0 Å². The lowest BCUT2D eigenvalue weighted by atomic mass is 9.97. The molecule has 1 amide bonds. The number of ether oxygens (including phenoxy) is 1. The number of carbonyl (C=O) groups excluding carboxylic acids is 1. The average molecular weight is 492 g/mol. The normalized spacial score (nSPS) is 15.2. The molecule has 2 heterocycles. The van der Waals surface area contributed by atoms with E-state index in [-0.39, 0.29) is 11.8 Å². The highest BCUT2D eigenvalue weighted by Crippen LogP contribution is 2.21. The van der Waals surface area contributed by atoms with Crippen molar-refractivity contribution in [2.75, 3.05) is 13.1 Å². The van der Waals surface area contributed by atoms with Gasteiger partial charge in [0.1, 0.15) is 12.4 Å². The van der Waals surface area contributed by atoms with Gasteiger partial charge in [-0.25, -0.2) is 8.42 Å². The first kappa shape index (κ1) is 24.6. The summed E-state index contributed by atoms with van der Waals surface area (Å²) in [4.78, 5) is 16.7. The minimum Gasteiger partial charge on any atom is -0.489 e. The van der Waals surface area contributed by atoms with Crippen molar-refractivity contribution >= 4 is 22.0 Å². The van der Waals surface area contributed by atoms with Gasteiger partial charge in [0.2, 0.25) is 15.9 Å². The Hall–Kier alpha value is -3.49. The van der Waals surface area contributed by atoms with Gasteiger partial charge >= 0.3 is 0 Å². The van der Waals surface area contributed by atoms with E-state index < -0.39 is 10.0 Å². The molecule has 1 aromatic heterocycles. The lowest BCUT2D eigenvalue weighted by Gasteiger charge is -2.29. The van der Waals surface area contributed by atoms with Crippen LogP contribution in [0.4, 0.5) is 0 Å². The molecule has 1 N–H and O–H groups in total. The third kappa shape index (κ3) is 7.24. The highest BCUT2D eigenvalue weighted by Gasteiger charge is 2.29. The van der Waals surface area contributed by atoms with E-state index in [0.29, 0.717) is 39.1 Å². The predicted molar refractivity (Wildman–Crippen MR) is 136 cm³/mol. The van der Waals surface area contributed by atoms with E-state index in [0.717, 1.165) is 22.4 Å². The molecule has 0 spiro atoms. The Morgan fingerprint density at radius 3 is 2.43 bits per heavy atom. The van der Waals surface area contributed by atoms with Crippen molar-refractivity contribution in [3.05, 3.63) is 101 Å². The molecule has 4 rings (SSSR count). The Labute approximate surface area is 206 Å². The zero-order valence-corrected chi connectivity index (χ0v) is 20.2. The maximum Gasteiger partial charge on any atom is 0.236 e. The van der Waals surface area contributed by atoms with Gasteiger partial charge in [-0.3, -0.25) is 9.78 Å². The number of sulfonamides is 1. The molecule has 8 heteroatoms. The van der Waals surface area contributed by atoms with Gasteiger partial charge in [-0.05, 0) is 48.2 Å². The molecular formula is C27H29N3O4S. The second-order valence-electron chi connectivity index (χ2n) is 8.44. The molecule has 1 aliphatic heterocycles. The number of pyridine rings is 1. The first-order valence-electron chi connectivity index (χ1n) is 11.6. The second kappa shape index (κ2) is 11.8. The molecule has 0 unspecified atom stereocenters. The number of hydrogen-bond acceptors (Lipinski definition) is 5. The number of hydrogen-bond donors (Lipinski definition) is 1. The maximum absolute atomic E-state index is 12.6. The van der Waals surface area contributed by atoms with Crippen molar-refractivity contribution in [2.24, 2.45) is 5.92 Å². The largest absolute Gasteiger partial charge is 0.489 e.